The van der Waals surface area contributed by atoms with Crippen LogP contribution in [0.15, 0.2) is 12.1 Å². The smallest absolute Gasteiger partial charge is 0.337 e. The molecule has 0 fully saturated rings. The van der Waals surface area contributed by atoms with Gasteiger partial charge in [0.05, 0.1) is 17.6 Å². The zero-order valence-electron chi connectivity index (χ0n) is 9.15. The Labute approximate surface area is 101 Å². The van der Waals surface area contributed by atoms with E-state index in [-0.39, 0.29) is 11.3 Å². The van der Waals surface area contributed by atoms with Gasteiger partial charge in [-0.15, -0.1) is 0 Å². The van der Waals surface area contributed by atoms with Crippen molar-refractivity contribution < 1.29 is 24.7 Å². The maximum atomic E-state index is 10.8. The molecule has 0 radical (unpaired) electrons. The van der Waals surface area contributed by atoms with Gasteiger partial charge >= 0.3 is 5.97 Å². The first-order valence-corrected chi connectivity index (χ1v) is 4.60. The van der Waals surface area contributed by atoms with E-state index < -0.39 is 28.2 Å². The summed E-state index contributed by atoms with van der Waals surface area (Å²) < 4.78 is 4.78. The van der Waals surface area contributed by atoms with Crippen molar-refractivity contribution in [1.29, 1.82) is 5.26 Å². The summed E-state index contributed by atoms with van der Waals surface area (Å²) in [5, 5.41) is 37.8. The Kier molecular flexibility index (Phi) is 3.81. The number of methoxy groups -OCH3 is 1. The Morgan fingerprint density at radius 2 is 2.22 bits per heavy atom. The zero-order valence-corrected chi connectivity index (χ0v) is 9.15. The Hall–Kier alpha value is -2.66. The van der Waals surface area contributed by atoms with Gasteiger partial charge in [-0.25, -0.2) is 4.79 Å². The van der Waals surface area contributed by atoms with Gasteiger partial charge in [-0.3, -0.25) is 10.1 Å². The van der Waals surface area contributed by atoms with Crippen LogP contribution in [0.5, 0.6) is 5.75 Å². The summed E-state index contributed by atoms with van der Waals surface area (Å²) in [6.07, 6.45) is -2.14. The molecule has 0 aromatic heterocycles. The van der Waals surface area contributed by atoms with E-state index in [0.29, 0.717) is 0 Å². The van der Waals surface area contributed by atoms with E-state index in [1.165, 1.54) is 0 Å². The maximum Gasteiger partial charge on any atom is 0.337 e. The molecule has 0 saturated carbocycles. The topological polar surface area (TPSA) is 134 Å². The van der Waals surface area contributed by atoms with Crippen LogP contribution in [0.4, 0.5) is 5.69 Å². The standard InChI is InChI=1S/C10H8N2O6/c1-18-9-5(4-11)2-3-6(12(16)17)7(9)8(13)10(14)15/h2-3,8,13H,1H3,(H,14,15). The van der Waals surface area contributed by atoms with Gasteiger partial charge in [-0.1, -0.05) is 0 Å². The summed E-state index contributed by atoms with van der Waals surface area (Å²) in [5.74, 6) is -1.99. The molecule has 0 spiro atoms. The molecular formula is C10H8N2O6. The van der Waals surface area contributed by atoms with Crippen molar-refractivity contribution >= 4 is 11.7 Å². The van der Waals surface area contributed by atoms with Crippen LogP contribution in [0.25, 0.3) is 0 Å². The summed E-state index contributed by atoms with van der Waals surface area (Å²) in [4.78, 5) is 20.7. The number of carbonyl (C=O) groups is 1. The Morgan fingerprint density at radius 1 is 1.61 bits per heavy atom. The number of hydrogen-bond donors (Lipinski definition) is 2. The Morgan fingerprint density at radius 3 is 2.61 bits per heavy atom. The molecule has 0 amide bonds. The molecule has 1 aromatic carbocycles. The van der Waals surface area contributed by atoms with Gasteiger partial charge in [-0.2, -0.15) is 5.26 Å². The van der Waals surface area contributed by atoms with Gasteiger partial charge in [-0.05, 0) is 6.07 Å². The molecule has 8 nitrogen and oxygen atoms in total. The number of nitrogens with zero attached hydrogens (tertiary/aromatic N) is 2. The zero-order chi connectivity index (χ0) is 13.9. The average Bonchev–Trinajstić information content (AvgIpc) is 2.35. The molecule has 8 heteroatoms. The van der Waals surface area contributed by atoms with E-state index >= 15 is 0 Å². The largest absolute Gasteiger partial charge is 0.495 e. The molecule has 18 heavy (non-hydrogen) atoms. The predicted molar refractivity (Wildman–Crippen MR) is 57.0 cm³/mol. The van der Waals surface area contributed by atoms with Crippen LogP contribution in [0, 0.1) is 21.4 Å². The third-order valence-electron chi connectivity index (χ3n) is 2.20. The second-order valence-corrected chi connectivity index (χ2v) is 3.19. The lowest BCUT2D eigenvalue weighted by Crippen LogP contribution is -2.14. The van der Waals surface area contributed by atoms with Crippen molar-refractivity contribution in [1.82, 2.24) is 0 Å². The summed E-state index contributed by atoms with van der Waals surface area (Å²) >= 11 is 0. The van der Waals surface area contributed by atoms with Crippen molar-refractivity contribution in [3.63, 3.8) is 0 Å². The summed E-state index contributed by atoms with van der Waals surface area (Å²) in [6.45, 7) is 0. The summed E-state index contributed by atoms with van der Waals surface area (Å²) in [5.41, 5.74) is -1.27. The van der Waals surface area contributed by atoms with Crippen molar-refractivity contribution in [3.05, 3.63) is 33.4 Å². The molecule has 0 aliphatic carbocycles. The fourth-order valence-corrected chi connectivity index (χ4v) is 1.44. The molecule has 0 bridgehead atoms. The fourth-order valence-electron chi connectivity index (χ4n) is 1.44. The molecule has 94 valence electrons. The van der Waals surface area contributed by atoms with Gasteiger partial charge in [0, 0.05) is 6.07 Å². The molecule has 1 atom stereocenters. The summed E-state index contributed by atoms with van der Waals surface area (Å²) in [7, 11) is 1.12. The number of aliphatic hydroxyl groups is 1. The number of nitro benzene ring substituents is 1. The molecular weight excluding hydrogens is 244 g/mol. The van der Waals surface area contributed by atoms with Gasteiger partial charge in [0.2, 0.25) is 0 Å². The van der Waals surface area contributed by atoms with Gasteiger partial charge < -0.3 is 14.9 Å². The van der Waals surface area contributed by atoms with E-state index in [1.807, 2.05) is 0 Å². The van der Waals surface area contributed by atoms with Crippen molar-refractivity contribution in [2.24, 2.45) is 0 Å². The first kappa shape index (κ1) is 13.4. The van der Waals surface area contributed by atoms with Crippen LogP contribution in [-0.2, 0) is 4.79 Å². The van der Waals surface area contributed by atoms with Crippen molar-refractivity contribution in [3.8, 4) is 11.8 Å². The molecule has 0 heterocycles. The van der Waals surface area contributed by atoms with Gasteiger partial charge in [0.25, 0.3) is 5.69 Å². The monoisotopic (exact) mass is 252 g/mol. The SMILES string of the molecule is COc1c(C#N)ccc([N+](=O)[O-])c1C(O)C(=O)O. The quantitative estimate of drug-likeness (QED) is 0.591. The minimum Gasteiger partial charge on any atom is -0.495 e. The summed E-state index contributed by atoms with van der Waals surface area (Å²) in [6, 6.07) is 3.76. The number of carboxylic acid groups (broad SMARTS) is 1. The first-order valence-electron chi connectivity index (χ1n) is 4.60. The molecule has 2 N–H and O–H groups in total. The highest BCUT2D eigenvalue weighted by atomic mass is 16.6. The van der Waals surface area contributed by atoms with Crippen LogP contribution in [0.2, 0.25) is 0 Å². The van der Waals surface area contributed by atoms with E-state index in [2.05, 4.69) is 0 Å². The number of nitro groups is 1. The lowest BCUT2D eigenvalue weighted by molar-refractivity contribution is -0.386. The van der Waals surface area contributed by atoms with Crippen LogP contribution in [0.3, 0.4) is 0 Å². The minimum absolute atomic E-state index is 0.0987. The van der Waals surface area contributed by atoms with Crippen LogP contribution >= 0.6 is 0 Å². The van der Waals surface area contributed by atoms with Crippen LogP contribution in [0.1, 0.15) is 17.2 Å². The van der Waals surface area contributed by atoms with Crippen LogP contribution < -0.4 is 4.74 Å². The molecule has 1 aromatic rings. The lowest BCUT2D eigenvalue weighted by Gasteiger charge is -2.12. The first-order chi connectivity index (χ1) is 8.43. The van der Waals surface area contributed by atoms with Crippen LogP contribution in [-0.4, -0.2) is 28.2 Å². The van der Waals surface area contributed by atoms with E-state index in [4.69, 9.17) is 15.1 Å². The number of benzene rings is 1. The molecule has 0 saturated heterocycles. The number of carboxylic acids is 1. The highest BCUT2D eigenvalue weighted by Crippen LogP contribution is 2.36. The highest BCUT2D eigenvalue weighted by Gasteiger charge is 2.31. The number of ether oxygens (including phenoxy) is 1. The average molecular weight is 252 g/mol. The number of aliphatic hydroxyl groups excluding tert-OH is 1. The number of rotatable bonds is 4. The maximum absolute atomic E-state index is 10.8. The Balaban J connectivity index is 3.64. The minimum atomic E-state index is -2.14. The molecule has 0 aliphatic heterocycles. The molecule has 1 rings (SSSR count). The normalized spacial score (nSPS) is 11.4. The van der Waals surface area contributed by atoms with E-state index in [9.17, 15) is 20.0 Å². The fraction of sp³-hybridized carbons (Fsp3) is 0.200. The van der Waals surface area contributed by atoms with Crippen molar-refractivity contribution in [2.75, 3.05) is 7.11 Å². The van der Waals surface area contributed by atoms with Gasteiger partial charge in [0.1, 0.15) is 17.4 Å². The number of aliphatic carboxylic acids is 1. The number of nitriles is 1. The van der Waals surface area contributed by atoms with E-state index in [0.717, 1.165) is 19.2 Å². The second-order valence-electron chi connectivity index (χ2n) is 3.19. The highest BCUT2D eigenvalue weighted by molar-refractivity contribution is 5.78. The third-order valence-corrected chi connectivity index (χ3v) is 2.20. The Bertz CT molecular complexity index is 548. The third kappa shape index (κ3) is 2.21. The molecule has 0 aliphatic rings. The second kappa shape index (κ2) is 5.11. The lowest BCUT2D eigenvalue weighted by atomic mass is 10.0. The van der Waals surface area contributed by atoms with Gasteiger partial charge in [0.15, 0.2) is 6.10 Å². The predicted octanol–water partition coefficient (Wildman–Crippen LogP) is 0.593. The van der Waals surface area contributed by atoms with Crippen molar-refractivity contribution in [2.45, 2.75) is 6.10 Å². The number of hydrogen-bond acceptors (Lipinski definition) is 6. The molecule has 1 unspecified atom stereocenters. The van der Waals surface area contributed by atoms with E-state index in [1.54, 1.807) is 6.07 Å².